The summed E-state index contributed by atoms with van der Waals surface area (Å²) in [6.07, 6.45) is -3.11. The van der Waals surface area contributed by atoms with Crippen LogP contribution in [0.4, 0.5) is 4.79 Å². The lowest BCUT2D eigenvalue weighted by atomic mass is 10.0. The lowest BCUT2D eigenvalue weighted by Gasteiger charge is -2.21. The van der Waals surface area contributed by atoms with E-state index >= 15 is 0 Å². The smallest absolute Gasteiger partial charge is 0.347 e. The summed E-state index contributed by atoms with van der Waals surface area (Å²) in [5, 5.41) is 44.7. The van der Waals surface area contributed by atoms with Gasteiger partial charge in [-0.15, -0.1) is 0 Å². The maximum Gasteiger partial charge on any atom is 0.347 e. The molecule has 27 nitrogen and oxygen atoms in total. The van der Waals surface area contributed by atoms with Crippen molar-refractivity contribution in [2.24, 2.45) is 16.5 Å². The standard InChI is InChI=1S/C40H60N10O17/c1-21(51)22(2)66-37(62)23(3)67-38(63)27(48-32(55)20-65-4)8-5-6-14-44-40(64)46-19-31(54)47-26(9-7-15-43-39(41)42)34(58)45-18-30(53)49-28(17-33(56)57)35(59)50-29(36(60)61)16-24-10-12-25(52)13-11-24/h10-13,22-23,26-29,52H,5-9,14-20H2,1-4H3,(H,45,58)(H,47,54)(H,48,55)(H,49,53)(H,50,59)(H,56,57)(H,60,61)(H4,41,42,43)(H2,44,46,64). The van der Waals surface area contributed by atoms with E-state index in [1.54, 1.807) is 0 Å². The third kappa shape index (κ3) is 24.9. The number of unbranched alkanes of at least 4 members (excludes halogenated alkanes) is 1. The number of nitrogens with zero attached hydrogens (tertiary/aromatic N) is 1. The first-order chi connectivity index (χ1) is 31.5. The molecule has 27 heteroatoms. The van der Waals surface area contributed by atoms with Crippen LogP contribution in [0.3, 0.4) is 0 Å². The third-order valence-corrected chi connectivity index (χ3v) is 9.04. The van der Waals surface area contributed by atoms with E-state index in [0.717, 1.165) is 0 Å². The maximum absolute atomic E-state index is 13.2. The number of nitrogens with two attached hydrogens (primary N) is 2. The number of hydrogen-bond donors (Lipinski definition) is 12. The van der Waals surface area contributed by atoms with Gasteiger partial charge in [-0.2, -0.15) is 0 Å². The minimum atomic E-state index is -1.78. The van der Waals surface area contributed by atoms with Crippen molar-refractivity contribution in [2.75, 3.05) is 39.9 Å². The Morgan fingerprint density at radius 3 is 1.84 bits per heavy atom. The number of nitrogens with one attached hydrogen (secondary N) is 7. The Kier molecular flexibility index (Phi) is 26.2. The van der Waals surface area contributed by atoms with Crippen LogP contribution < -0.4 is 48.7 Å². The molecule has 6 atom stereocenters. The van der Waals surface area contributed by atoms with Gasteiger partial charge < -0.3 is 78.2 Å². The minimum absolute atomic E-state index is 0.00832. The lowest BCUT2D eigenvalue weighted by molar-refractivity contribution is -0.172. The first-order valence-electron chi connectivity index (χ1n) is 20.7. The number of methoxy groups -OCH3 is 1. The Hall–Kier alpha value is -7.58. The summed E-state index contributed by atoms with van der Waals surface area (Å²) < 4.78 is 14.9. The van der Waals surface area contributed by atoms with Crippen molar-refractivity contribution in [1.82, 2.24) is 37.2 Å². The van der Waals surface area contributed by atoms with Gasteiger partial charge >= 0.3 is 29.9 Å². The molecule has 0 spiro atoms. The summed E-state index contributed by atoms with van der Waals surface area (Å²) in [6, 6.07) is -1.25. The number of benzene rings is 1. The third-order valence-electron chi connectivity index (χ3n) is 9.04. The largest absolute Gasteiger partial charge is 0.508 e. The second-order valence-corrected chi connectivity index (χ2v) is 14.7. The molecule has 0 heterocycles. The second kappa shape index (κ2) is 30.5. The molecule has 1 aromatic rings. The van der Waals surface area contributed by atoms with Crippen molar-refractivity contribution in [1.29, 1.82) is 0 Å². The molecule has 0 aliphatic carbocycles. The Balaban J connectivity index is 2.79. The number of urea groups is 1. The fourth-order valence-electron chi connectivity index (χ4n) is 5.45. The molecule has 14 N–H and O–H groups in total. The summed E-state index contributed by atoms with van der Waals surface area (Å²) >= 11 is 0. The molecule has 67 heavy (non-hydrogen) atoms. The molecular formula is C40H60N10O17. The van der Waals surface area contributed by atoms with Gasteiger partial charge in [0.1, 0.15) is 36.5 Å². The molecule has 0 radical (unpaired) electrons. The van der Waals surface area contributed by atoms with Crippen molar-refractivity contribution in [3.8, 4) is 5.75 Å². The van der Waals surface area contributed by atoms with Crippen LogP contribution in [0.25, 0.3) is 0 Å². The van der Waals surface area contributed by atoms with Crippen LogP contribution in [-0.4, -0.2) is 163 Å². The highest BCUT2D eigenvalue weighted by Crippen LogP contribution is 2.12. The number of phenols is 1. The number of rotatable bonds is 31. The molecule has 0 saturated heterocycles. The van der Waals surface area contributed by atoms with E-state index in [-0.39, 0.29) is 69.9 Å². The monoisotopic (exact) mass is 952 g/mol. The number of ketones is 1. The number of carboxylic acid groups (broad SMARTS) is 2. The second-order valence-electron chi connectivity index (χ2n) is 14.7. The SMILES string of the molecule is COCC(=O)NC(CCCCNC(=O)NCC(=O)NC(CCCN=C(N)N)C(=O)NCC(=O)NC(CC(=O)O)C(=O)NC(Cc1ccc(O)cc1)C(=O)O)C(=O)OC(C)C(=O)OC(C)C(C)=O. The van der Waals surface area contributed by atoms with E-state index in [2.05, 4.69) is 42.2 Å². The molecule has 372 valence electrons. The summed E-state index contributed by atoms with van der Waals surface area (Å²) in [5.74, 6) is -10.3. The van der Waals surface area contributed by atoms with Crippen molar-refractivity contribution in [2.45, 2.75) is 102 Å². The summed E-state index contributed by atoms with van der Waals surface area (Å²) in [7, 11) is 1.26. The van der Waals surface area contributed by atoms with Crippen molar-refractivity contribution < 1.29 is 82.3 Å². The summed E-state index contributed by atoms with van der Waals surface area (Å²) in [4.78, 5) is 140. The first-order valence-corrected chi connectivity index (χ1v) is 20.7. The van der Waals surface area contributed by atoms with Crippen LogP contribution in [0.5, 0.6) is 5.75 Å². The fourth-order valence-corrected chi connectivity index (χ4v) is 5.45. The van der Waals surface area contributed by atoms with E-state index in [4.69, 9.17) is 25.7 Å². The quantitative estimate of drug-likeness (QED) is 0.0147. The number of Topliss-reactive ketones (excluding diaryl/α,β-unsaturated/α-hetero) is 1. The molecule has 0 bridgehead atoms. The van der Waals surface area contributed by atoms with Gasteiger partial charge in [-0.25, -0.2) is 19.2 Å². The van der Waals surface area contributed by atoms with Gasteiger partial charge in [-0.05, 0) is 70.6 Å². The first kappa shape index (κ1) is 57.4. The number of esters is 2. The summed E-state index contributed by atoms with van der Waals surface area (Å²) in [6.45, 7) is 2.02. The van der Waals surface area contributed by atoms with Gasteiger partial charge in [-0.1, -0.05) is 12.1 Å². The molecule has 1 rings (SSSR count). The zero-order valence-corrected chi connectivity index (χ0v) is 37.4. The fraction of sp³-hybridized carbons (Fsp3) is 0.550. The van der Waals surface area contributed by atoms with Crippen LogP contribution in [-0.2, 0) is 68.6 Å². The van der Waals surface area contributed by atoms with Crippen molar-refractivity contribution >= 4 is 71.2 Å². The Bertz CT molecular complexity index is 1930. The highest BCUT2D eigenvalue weighted by atomic mass is 16.6. The van der Waals surface area contributed by atoms with Crippen LogP contribution in [0.1, 0.15) is 64.9 Å². The normalized spacial score (nSPS) is 13.3. The Morgan fingerprint density at radius 2 is 1.25 bits per heavy atom. The predicted octanol–water partition coefficient (Wildman–Crippen LogP) is -3.83. The molecule has 0 aliphatic rings. The lowest BCUT2D eigenvalue weighted by Crippen LogP contribution is -2.55. The number of carbonyl (C=O) groups excluding carboxylic acids is 9. The van der Waals surface area contributed by atoms with Gasteiger partial charge in [0.2, 0.25) is 29.5 Å². The van der Waals surface area contributed by atoms with Crippen LogP contribution in [0, 0.1) is 0 Å². The molecule has 0 fully saturated rings. The van der Waals surface area contributed by atoms with Crippen LogP contribution >= 0.6 is 0 Å². The van der Waals surface area contributed by atoms with E-state index in [0.29, 0.717) is 5.56 Å². The Labute approximate surface area is 384 Å². The molecule has 0 aliphatic heterocycles. The number of aromatic hydroxyl groups is 1. The maximum atomic E-state index is 13.2. The highest BCUT2D eigenvalue weighted by Gasteiger charge is 2.31. The number of hydrogen-bond acceptors (Lipinski definition) is 16. The average molecular weight is 953 g/mol. The molecule has 0 saturated carbocycles. The van der Waals surface area contributed by atoms with Crippen molar-refractivity contribution in [3.63, 3.8) is 0 Å². The topological polar surface area (TPSA) is 425 Å². The summed E-state index contributed by atoms with van der Waals surface area (Å²) in [5.41, 5.74) is 11.1. The number of amides is 7. The zero-order chi connectivity index (χ0) is 50.6. The number of ether oxygens (including phenoxy) is 3. The highest BCUT2D eigenvalue weighted by molar-refractivity contribution is 5.95. The van der Waals surface area contributed by atoms with Crippen LogP contribution in [0.15, 0.2) is 29.3 Å². The average Bonchev–Trinajstić information content (AvgIpc) is 3.25. The molecule has 6 unspecified atom stereocenters. The predicted molar refractivity (Wildman–Crippen MR) is 231 cm³/mol. The van der Waals surface area contributed by atoms with E-state index in [1.165, 1.54) is 52.1 Å². The molecule has 7 amide bonds. The number of aliphatic imine (C=N–C) groups is 1. The Morgan fingerprint density at radius 1 is 0.672 bits per heavy atom. The van der Waals surface area contributed by atoms with Gasteiger partial charge in [0, 0.05) is 26.6 Å². The van der Waals surface area contributed by atoms with E-state index < -0.39 is 121 Å². The van der Waals surface area contributed by atoms with Crippen LogP contribution in [0.2, 0.25) is 0 Å². The van der Waals surface area contributed by atoms with Gasteiger partial charge in [-0.3, -0.25) is 38.6 Å². The number of aliphatic carboxylic acids is 2. The zero-order valence-electron chi connectivity index (χ0n) is 37.4. The number of carboxylic acids is 2. The number of phenolic OH excluding ortho intramolecular Hbond substituents is 1. The van der Waals surface area contributed by atoms with Gasteiger partial charge in [0.05, 0.1) is 19.5 Å². The molecular weight excluding hydrogens is 892 g/mol. The number of guanidine groups is 1. The van der Waals surface area contributed by atoms with E-state index in [1.807, 2.05) is 0 Å². The minimum Gasteiger partial charge on any atom is -0.508 e. The molecule has 0 aromatic heterocycles. The van der Waals surface area contributed by atoms with Gasteiger partial charge in [0.25, 0.3) is 0 Å². The van der Waals surface area contributed by atoms with Gasteiger partial charge in [0.15, 0.2) is 24.0 Å². The van der Waals surface area contributed by atoms with Crippen molar-refractivity contribution in [3.05, 3.63) is 29.8 Å². The number of carbonyl (C=O) groups is 11. The van der Waals surface area contributed by atoms with E-state index in [9.17, 15) is 68.1 Å². The molecule has 1 aromatic carbocycles.